The van der Waals surface area contributed by atoms with Crippen LogP contribution in [0.5, 0.6) is 0 Å². The van der Waals surface area contributed by atoms with Gasteiger partial charge in [0.15, 0.2) is 11.6 Å². The Hall–Kier alpha value is -1.45. The summed E-state index contributed by atoms with van der Waals surface area (Å²) in [5.74, 6) is -2.96. The van der Waals surface area contributed by atoms with Crippen LogP contribution in [0.15, 0.2) is 18.2 Å². The average molecular weight is 242 g/mol. The van der Waals surface area contributed by atoms with E-state index in [1.54, 1.807) is 27.7 Å². The lowest BCUT2D eigenvalue weighted by Gasteiger charge is -2.22. The Balaban J connectivity index is 2.85. The van der Waals surface area contributed by atoms with Crippen molar-refractivity contribution >= 4 is 5.97 Å². The van der Waals surface area contributed by atoms with Gasteiger partial charge in [0.25, 0.3) is 0 Å². The van der Waals surface area contributed by atoms with E-state index >= 15 is 0 Å². The largest absolute Gasteiger partial charge is 0.460 e. The van der Waals surface area contributed by atoms with Gasteiger partial charge in [-0.15, -0.1) is 0 Å². The van der Waals surface area contributed by atoms with Crippen LogP contribution < -0.4 is 0 Å². The van der Waals surface area contributed by atoms with Crippen molar-refractivity contribution in [1.29, 1.82) is 0 Å². The van der Waals surface area contributed by atoms with Crippen molar-refractivity contribution in [3.8, 4) is 0 Å². The molecule has 0 fully saturated rings. The van der Waals surface area contributed by atoms with Gasteiger partial charge in [-0.2, -0.15) is 0 Å². The Morgan fingerprint density at radius 3 is 2.29 bits per heavy atom. The molecule has 1 aromatic carbocycles. The third-order valence-corrected chi connectivity index (χ3v) is 2.20. The Kier molecular flexibility index (Phi) is 3.86. The van der Waals surface area contributed by atoms with Gasteiger partial charge in [-0.3, -0.25) is 4.79 Å². The molecule has 1 unspecified atom stereocenters. The van der Waals surface area contributed by atoms with Gasteiger partial charge in [0, 0.05) is 0 Å². The number of carbonyl (C=O) groups excluding carboxylic acids is 1. The SMILES string of the molecule is CC(C(=O)OC(C)(C)C)c1ccc(F)c(F)c1. The molecule has 0 N–H and O–H groups in total. The normalized spacial score (nSPS) is 13.3. The summed E-state index contributed by atoms with van der Waals surface area (Å²) in [7, 11) is 0. The van der Waals surface area contributed by atoms with E-state index in [0.29, 0.717) is 5.56 Å². The minimum absolute atomic E-state index is 0.401. The maximum atomic E-state index is 13.0. The fourth-order valence-corrected chi connectivity index (χ4v) is 1.31. The first-order valence-electron chi connectivity index (χ1n) is 5.38. The number of rotatable bonds is 2. The van der Waals surface area contributed by atoms with Gasteiger partial charge in [-0.25, -0.2) is 8.78 Å². The number of carbonyl (C=O) groups is 1. The number of hydrogen-bond acceptors (Lipinski definition) is 2. The smallest absolute Gasteiger partial charge is 0.313 e. The Morgan fingerprint density at radius 2 is 1.82 bits per heavy atom. The quantitative estimate of drug-likeness (QED) is 0.743. The lowest BCUT2D eigenvalue weighted by Crippen LogP contribution is -2.26. The third-order valence-electron chi connectivity index (χ3n) is 2.20. The zero-order valence-corrected chi connectivity index (χ0v) is 10.4. The van der Waals surface area contributed by atoms with Gasteiger partial charge in [-0.05, 0) is 45.4 Å². The number of hydrogen-bond donors (Lipinski definition) is 0. The molecule has 4 heteroatoms. The highest BCUT2D eigenvalue weighted by Crippen LogP contribution is 2.21. The molecule has 1 rings (SSSR count). The van der Waals surface area contributed by atoms with Gasteiger partial charge in [0.2, 0.25) is 0 Å². The molecule has 1 aromatic rings. The Bertz CT molecular complexity index is 422. The highest BCUT2D eigenvalue weighted by Gasteiger charge is 2.23. The first-order valence-corrected chi connectivity index (χ1v) is 5.38. The van der Waals surface area contributed by atoms with Crippen LogP contribution in [-0.4, -0.2) is 11.6 Å². The highest BCUT2D eigenvalue weighted by molar-refractivity contribution is 5.78. The van der Waals surface area contributed by atoms with E-state index in [2.05, 4.69) is 0 Å². The second-order valence-electron chi connectivity index (χ2n) is 4.93. The number of halogens is 2. The number of esters is 1. The fourth-order valence-electron chi connectivity index (χ4n) is 1.31. The van der Waals surface area contributed by atoms with Crippen LogP contribution >= 0.6 is 0 Å². The molecule has 0 aliphatic heterocycles. The van der Waals surface area contributed by atoms with Crippen LogP contribution in [-0.2, 0) is 9.53 Å². The molecular weight excluding hydrogens is 226 g/mol. The van der Waals surface area contributed by atoms with Crippen LogP contribution in [0.3, 0.4) is 0 Å². The van der Waals surface area contributed by atoms with Crippen LogP contribution in [0.1, 0.15) is 39.2 Å². The van der Waals surface area contributed by atoms with Crippen molar-refractivity contribution in [2.24, 2.45) is 0 Å². The van der Waals surface area contributed by atoms with Gasteiger partial charge in [0.05, 0.1) is 5.92 Å². The Morgan fingerprint density at radius 1 is 1.24 bits per heavy atom. The molecule has 0 aromatic heterocycles. The van der Waals surface area contributed by atoms with Crippen molar-refractivity contribution < 1.29 is 18.3 Å². The maximum Gasteiger partial charge on any atom is 0.313 e. The first kappa shape index (κ1) is 13.6. The summed E-state index contributed by atoms with van der Waals surface area (Å²) < 4.78 is 30.9. The summed E-state index contributed by atoms with van der Waals surface area (Å²) in [4.78, 5) is 11.7. The van der Waals surface area contributed by atoms with Gasteiger partial charge in [0.1, 0.15) is 5.60 Å². The molecule has 0 radical (unpaired) electrons. The average Bonchev–Trinajstić information content (AvgIpc) is 2.18. The number of ether oxygens (including phenoxy) is 1. The second kappa shape index (κ2) is 4.82. The van der Waals surface area contributed by atoms with E-state index in [1.807, 2.05) is 0 Å². The number of benzene rings is 1. The molecule has 0 aliphatic rings. The van der Waals surface area contributed by atoms with Crippen molar-refractivity contribution in [3.05, 3.63) is 35.4 Å². The molecule has 94 valence electrons. The van der Waals surface area contributed by atoms with Crippen LogP contribution in [0.25, 0.3) is 0 Å². The summed E-state index contributed by atoms with van der Waals surface area (Å²) in [6.45, 7) is 6.86. The van der Waals surface area contributed by atoms with Crippen LogP contribution in [0.4, 0.5) is 8.78 Å². The van der Waals surface area contributed by atoms with E-state index in [4.69, 9.17) is 4.74 Å². The summed E-state index contributed by atoms with van der Waals surface area (Å²) in [5.41, 5.74) is -0.192. The zero-order chi connectivity index (χ0) is 13.2. The summed E-state index contributed by atoms with van der Waals surface area (Å²) in [5, 5.41) is 0. The van der Waals surface area contributed by atoms with Crippen molar-refractivity contribution in [2.75, 3.05) is 0 Å². The Labute approximate surface area is 99.6 Å². The van der Waals surface area contributed by atoms with E-state index < -0.39 is 29.1 Å². The van der Waals surface area contributed by atoms with Gasteiger partial charge >= 0.3 is 5.97 Å². The first-order chi connectivity index (χ1) is 7.70. The van der Waals surface area contributed by atoms with Crippen LogP contribution in [0.2, 0.25) is 0 Å². The summed E-state index contributed by atoms with van der Waals surface area (Å²) in [6.07, 6.45) is 0. The zero-order valence-electron chi connectivity index (χ0n) is 10.4. The molecule has 0 aliphatic carbocycles. The van der Waals surface area contributed by atoms with Gasteiger partial charge in [-0.1, -0.05) is 6.07 Å². The van der Waals surface area contributed by atoms with E-state index in [1.165, 1.54) is 6.07 Å². The van der Waals surface area contributed by atoms with E-state index in [-0.39, 0.29) is 0 Å². The molecule has 0 amide bonds. The van der Waals surface area contributed by atoms with Crippen molar-refractivity contribution in [1.82, 2.24) is 0 Å². The second-order valence-corrected chi connectivity index (χ2v) is 4.93. The highest BCUT2D eigenvalue weighted by atomic mass is 19.2. The standard InChI is InChI=1S/C13H16F2O2/c1-8(12(16)17-13(2,3)4)9-5-6-10(14)11(15)7-9/h5-8H,1-4H3. The minimum Gasteiger partial charge on any atom is -0.460 e. The fraction of sp³-hybridized carbons (Fsp3) is 0.462. The molecule has 17 heavy (non-hydrogen) atoms. The topological polar surface area (TPSA) is 26.3 Å². The third kappa shape index (κ3) is 3.80. The van der Waals surface area contributed by atoms with Crippen molar-refractivity contribution in [3.63, 3.8) is 0 Å². The lowest BCUT2D eigenvalue weighted by molar-refractivity contribution is -0.156. The maximum absolute atomic E-state index is 13.0. The lowest BCUT2D eigenvalue weighted by atomic mass is 10.0. The van der Waals surface area contributed by atoms with E-state index in [0.717, 1.165) is 12.1 Å². The summed E-state index contributed by atoms with van der Waals surface area (Å²) >= 11 is 0. The molecule has 0 saturated carbocycles. The van der Waals surface area contributed by atoms with Crippen LogP contribution in [0, 0.1) is 11.6 Å². The molecule has 0 spiro atoms. The van der Waals surface area contributed by atoms with E-state index in [9.17, 15) is 13.6 Å². The predicted octanol–water partition coefficient (Wildman–Crippen LogP) is 3.41. The monoisotopic (exact) mass is 242 g/mol. The molecule has 0 bridgehead atoms. The molecule has 0 heterocycles. The molecule has 2 nitrogen and oxygen atoms in total. The minimum atomic E-state index is -0.960. The predicted molar refractivity (Wildman–Crippen MR) is 60.6 cm³/mol. The summed E-state index contributed by atoms with van der Waals surface area (Å²) in [6, 6.07) is 3.41. The molecular formula is C13H16F2O2. The molecule has 0 saturated heterocycles. The molecule has 1 atom stereocenters. The van der Waals surface area contributed by atoms with Gasteiger partial charge < -0.3 is 4.74 Å². The van der Waals surface area contributed by atoms with Crippen molar-refractivity contribution in [2.45, 2.75) is 39.2 Å².